The first-order chi connectivity index (χ1) is 12.8. The number of carbonyl (C=O) groups excluding carboxylic acids is 1. The number of pyridine rings is 1. The second-order valence-electron chi connectivity index (χ2n) is 6.08. The van der Waals surface area contributed by atoms with Crippen molar-refractivity contribution in [2.45, 2.75) is 26.1 Å². The average molecular weight is 353 g/mol. The Bertz CT molecular complexity index is 904. The van der Waals surface area contributed by atoms with Crippen molar-refractivity contribution in [2.75, 3.05) is 13.7 Å². The van der Waals surface area contributed by atoms with Gasteiger partial charge in [0, 0.05) is 31.7 Å². The SMILES string of the molecule is COc1cnccc1C(=O)N1CCCn2c(nnc2Cn2ccnc2)C1. The first-order valence-electron chi connectivity index (χ1n) is 8.40. The molecule has 1 aliphatic rings. The lowest BCUT2D eigenvalue weighted by atomic mass is 10.2. The second kappa shape index (κ2) is 6.95. The number of ether oxygens (including phenoxy) is 1. The van der Waals surface area contributed by atoms with E-state index >= 15 is 0 Å². The van der Waals surface area contributed by atoms with Crippen molar-refractivity contribution in [2.24, 2.45) is 0 Å². The van der Waals surface area contributed by atoms with Gasteiger partial charge in [0.25, 0.3) is 5.91 Å². The molecule has 3 aromatic heterocycles. The molecule has 0 aliphatic carbocycles. The molecule has 4 rings (SSSR count). The maximum absolute atomic E-state index is 13.0. The molecule has 1 amide bonds. The third-order valence-corrected chi connectivity index (χ3v) is 4.45. The first-order valence-corrected chi connectivity index (χ1v) is 8.40. The van der Waals surface area contributed by atoms with E-state index in [2.05, 4.69) is 24.7 Å². The number of methoxy groups -OCH3 is 1. The Morgan fingerprint density at radius 3 is 2.96 bits per heavy atom. The number of aromatic nitrogens is 6. The molecule has 4 heterocycles. The van der Waals surface area contributed by atoms with Gasteiger partial charge in [-0.15, -0.1) is 10.2 Å². The Balaban J connectivity index is 1.57. The van der Waals surface area contributed by atoms with Crippen molar-refractivity contribution < 1.29 is 9.53 Å². The topological polar surface area (TPSA) is 91.0 Å². The van der Waals surface area contributed by atoms with Crippen LogP contribution in [-0.4, -0.2) is 53.8 Å². The van der Waals surface area contributed by atoms with Gasteiger partial charge in [0.15, 0.2) is 11.6 Å². The zero-order valence-corrected chi connectivity index (χ0v) is 14.4. The lowest BCUT2D eigenvalue weighted by Crippen LogP contribution is -2.31. The van der Waals surface area contributed by atoms with E-state index < -0.39 is 0 Å². The van der Waals surface area contributed by atoms with Gasteiger partial charge in [-0.25, -0.2) is 4.98 Å². The number of rotatable bonds is 4. The van der Waals surface area contributed by atoms with Gasteiger partial charge in [0.05, 0.1) is 38.3 Å². The summed E-state index contributed by atoms with van der Waals surface area (Å²) in [6.45, 7) is 2.46. The number of hydrogen-bond donors (Lipinski definition) is 0. The van der Waals surface area contributed by atoms with E-state index in [9.17, 15) is 4.79 Å². The van der Waals surface area contributed by atoms with Crippen molar-refractivity contribution in [1.82, 2.24) is 34.2 Å². The van der Waals surface area contributed by atoms with Crippen molar-refractivity contribution in [3.05, 3.63) is 54.4 Å². The van der Waals surface area contributed by atoms with E-state index in [0.717, 1.165) is 24.6 Å². The van der Waals surface area contributed by atoms with Crippen molar-refractivity contribution >= 4 is 5.91 Å². The molecule has 9 heteroatoms. The maximum atomic E-state index is 13.0. The van der Waals surface area contributed by atoms with Gasteiger partial charge in [0.1, 0.15) is 5.75 Å². The molecule has 0 saturated carbocycles. The molecule has 0 fully saturated rings. The highest BCUT2D eigenvalue weighted by Gasteiger charge is 2.25. The predicted molar refractivity (Wildman–Crippen MR) is 91.5 cm³/mol. The van der Waals surface area contributed by atoms with Crippen LogP contribution in [0.15, 0.2) is 37.2 Å². The molecular weight excluding hydrogens is 334 g/mol. The van der Waals surface area contributed by atoms with Crippen LogP contribution in [0.2, 0.25) is 0 Å². The number of carbonyl (C=O) groups is 1. The second-order valence-corrected chi connectivity index (χ2v) is 6.08. The smallest absolute Gasteiger partial charge is 0.258 e. The molecule has 0 spiro atoms. The molecule has 134 valence electrons. The number of hydrogen-bond acceptors (Lipinski definition) is 6. The molecule has 3 aromatic rings. The Morgan fingerprint density at radius 2 is 2.15 bits per heavy atom. The Labute approximate surface area is 150 Å². The molecule has 0 atom stereocenters. The van der Waals surface area contributed by atoms with Crippen LogP contribution < -0.4 is 4.74 Å². The molecule has 0 bridgehead atoms. The third kappa shape index (κ3) is 3.03. The van der Waals surface area contributed by atoms with Gasteiger partial charge in [0.2, 0.25) is 0 Å². The fourth-order valence-electron chi connectivity index (χ4n) is 3.14. The van der Waals surface area contributed by atoms with E-state index in [1.807, 2.05) is 10.8 Å². The minimum atomic E-state index is -0.0862. The van der Waals surface area contributed by atoms with Crippen LogP contribution >= 0.6 is 0 Å². The summed E-state index contributed by atoms with van der Waals surface area (Å²) in [6.07, 6.45) is 9.37. The van der Waals surface area contributed by atoms with Gasteiger partial charge in [-0.2, -0.15) is 0 Å². The van der Waals surface area contributed by atoms with E-state index in [-0.39, 0.29) is 5.91 Å². The quantitative estimate of drug-likeness (QED) is 0.694. The van der Waals surface area contributed by atoms with E-state index in [1.165, 1.54) is 7.11 Å². The highest BCUT2D eigenvalue weighted by Crippen LogP contribution is 2.21. The molecule has 26 heavy (non-hydrogen) atoms. The summed E-state index contributed by atoms with van der Waals surface area (Å²) in [5.41, 5.74) is 0.508. The largest absolute Gasteiger partial charge is 0.494 e. The lowest BCUT2D eigenvalue weighted by Gasteiger charge is -2.20. The average Bonchev–Trinajstić information content (AvgIpc) is 3.26. The van der Waals surface area contributed by atoms with Gasteiger partial charge in [-0.3, -0.25) is 9.78 Å². The van der Waals surface area contributed by atoms with Crippen LogP contribution in [0.4, 0.5) is 0 Å². The van der Waals surface area contributed by atoms with Gasteiger partial charge in [-0.05, 0) is 12.5 Å². The third-order valence-electron chi connectivity index (χ3n) is 4.45. The molecule has 0 radical (unpaired) electrons. The van der Waals surface area contributed by atoms with Gasteiger partial charge >= 0.3 is 0 Å². The van der Waals surface area contributed by atoms with Gasteiger partial charge in [-0.1, -0.05) is 0 Å². The zero-order chi connectivity index (χ0) is 17.9. The Kier molecular flexibility index (Phi) is 4.34. The number of fused-ring (bicyclic) bond motifs is 1. The highest BCUT2D eigenvalue weighted by molar-refractivity contribution is 5.96. The standard InChI is InChI=1S/C17H19N7O2/c1-26-14-9-18-4-3-13(14)17(25)23-6-2-7-24-15(20-21-16(24)11-23)10-22-8-5-19-12-22/h3-5,8-9,12H,2,6-7,10-11H2,1H3. The summed E-state index contributed by atoms with van der Waals surface area (Å²) in [4.78, 5) is 22.8. The summed E-state index contributed by atoms with van der Waals surface area (Å²) >= 11 is 0. The highest BCUT2D eigenvalue weighted by atomic mass is 16.5. The van der Waals surface area contributed by atoms with Crippen LogP contribution in [0.3, 0.4) is 0 Å². The molecule has 0 N–H and O–H groups in total. The van der Waals surface area contributed by atoms with E-state index in [4.69, 9.17) is 4.74 Å². The number of nitrogens with zero attached hydrogens (tertiary/aromatic N) is 7. The first kappa shape index (κ1) is 16.2. The van der Waals surface area contributed by atoms with Crippen LogP contribution in [-0.2, 0) is 19.6 Å². The molecule has 0 unspecified atom stereocenters. The van der Waals surface area contributed by atoms with Crippen LogP contribution in [0.1, 0.15) is 28.4 Å². The summed E-state index contributed by atoms with van der Waals surface area (Å²) in [6, 6.07) is 1.68. The summed E-state index contributed by atoms with van der Waals surface area (Å²) in [7, 11) is 1.54. The van der Waals surface area contributed by atoms with Gasteiger partial charge < -0.3 is 18.8 Å². The Morgan fingerprint density at radius 1 is 1.23 bits per heavy atom. The number of imidazole rings is 1. The Hall–Kier alpha value is -3.23. The monoisotopic (exact) mass is 353 g/mol. The molecule has 0 saturated heterocycles. The minimum Gasteiger partial charge on any atom is -0.494 e. The normalized spacial score (nSPS) is 14.0. The van der Waals surface area contributed by atoms with Crippen LogP contribution in [0.25, 0.3) is 0 Å². The van der Waals surface area contributed by atoms with Crippen LogP contribution in [0, 0.1) is 0 Å². The molecule has 0 aromatic carbocycles. The maximum Gasteiger partial charge on any atom is 0.258 e. The predicted octanol–water partition coefficient (Wildman–Crippen LogP) is 0.973. The zero-order valence-electron chi connectivity index (χ0n) is 14.4. The molecule has 9 nitrogen and oxygen atoms in total. The van der Waals surface area contributed by atoms with E-state index in [1.54, 1.807) is 35.9 Å². The molecular formula is C17H19N7O2. The number of amides is 1. The van der Waals surface area contributed by atoms with Crippen molar-refractivity contribution in [1.29, 1.82) is 0 Å². The minimum absolute atomic E-state index is 0.0862. The fourth-order valence-corrected chi connectivity index (χ4v) is 3.14. The summed E-state index contributed by atoms with van der Waals surface area (Å²) in [5, 5.41) is 8.61. The summed E-state index contributed by atoms with van der Waals surface area (Å²) < 4.78 is 9.31. The molecule has 1 aliphatic heterocycles. The lowest BCUT2D eigenvalue weighted by molar-refractivity contribution is 0.0740. The van der Waals surface area contributed by atoms with E-state index in [0.29, 0.717) is 30.9 Å². The summed E-state index contributed by atoms with van der Waals surface area (Å²) in [5.74, 6) is 2.05. The van der Waals surface area contributed by atoms with Crippen LogP contribution in [0.5, 0.6) is 5.75 Å². The fraction of sp³-hybridized carbons (Fsp3) is 0.353. The van der Waals surface area contributed by atoms with Crippen molar-refractivity contribution in [3.8, 4) is 5.75 Å². The van der Waals surface area contributed by atoms with Crippen molar-refractivity contribution in [3.63, 3.8) is 0 Å².